The van der Waals surface area contributed by atoms with Gasteiger partial charge in [0.05, 0.1) is 30.2 Å². The monoisotopic (exact) mass is 487 g/mol. The van der Waals surface area contributed by atoms with Crippen LogP contribution in [0.1, 0.15) is 22.5 Å². The van der Waals surface area contributed by atoms with Crippen molar-refractivity contribution >= 4 is 37.5 Å². The van der Waals surface area contributed by atoms with Crippen LogP contribution in [0.2, 0.25) is 0 Å². The van der Waals surface area contributed by atoms with Crippen molar-refractivity contribution in [2.75, 3.05) is 11.3 Å². The van der Waals surface area contributed by atoms with E-state index in [0.717, 1.165) is 4.47 Å². The van der Waals surface area contributed by atoms with Crippen molar-refractivity contribution < 1.29 is 17.6 Å². The quantitative estimate of drug-likeness (QED) is 0.506. The number of rotatable bonds is 8. The molecule has 0 spiro atoms. The molecule has 1 aromatic heterocycles. The highest BCUT2D eigenvalue weighted by atomic mass is 79.9. The number of amides is 1. The molecule has 1 N–H and O–H groups in total. The Morgan fingerprint density at radius 3 is 2.57 bits per heavy atom. The molecule has 0 radical (unpaired) electrons. The van der Waals surface area contributed by atoms with E-state index in [1.54, 1.807) is 42.5 Å². The Labute approximate surface area is 183 Å². The van der Waals surface area contributed by atoms with Crippen LogP contribution in [0.15, 0.2) is 80.7 Å². The predicted molar refractivity (Wildman–Crippen MR) is 115 cm³/mol. The van der Waals surface area contributed by atoms with Gasteiger partial charge in [-0.05, 0) is 54.6 Å². The summed E-state index contributed by atoms with van der Waals surface area (Å²) in [6, 6.07) is 18.0. The highest BCUT2D eigenvalue weighted by molar-refractivity contribution is 9.10. The molecular weight excluding hydrogens is 470 g/mol. The minimum absolute atomic E-state index is 0.0329. The summed E-state index contributed by atoms with van der Waals surface area (Å²) >= 11 is 3.30. The Balaban J connectivity index is 1.83. The smallest absolute Gasteiger partial charge is 0.261 e. The van der Waals surface area contributed by atoms with Crippen molar-refractivity contribution in [2.45, 2.75) is 17.9 Å². The molecule has 1 heterocycles. The molecule has 154 valence electrons. The summed E-state index contributed by atoms with van der Waals surface area (Å²) in [6.45, 7) is 0.381. The van der Waals surface area contributed by atoms with Crippen molar-refractivity contribution in [2.24, 2.45) is 0 Å². The molecule has 0 aliphatic carbocycles. The molecule has 0 saturated heterocycles. The molecule has 3 rings (SSSR count). The van der Waals surface area contributed by atoms with E-state index in [4.69, 9.17) is 9.68 Å². The van der Waals surface area contributed by atoms with Gasteiger partial charge in [-0.2, -0.15) is 5.26 Å². The SMILES string of the molecule is N#CCCN(Cc1ccco1)C(=O)c1cccc(S(=O)(=O)Nc2ccc(Br)cc2)c1. The van der Waals surface area contributed by atoms with Crippen LogP contribution in [0, 0.1) is 11.3 Å². The normalized spacial score (nSPS) is 10.9. The average molecular weight is 488 g/mol. The maximum Gasteiger partial charge on any atom is 0.261 e. The van der Waals surface area contributed by atoms with Crippen molar-refractivity contribution in [1.82, 2.24) is 4.90 Å². The number of sulfonamides is 1. The number of carbonyl (C=O) groups excluding carboxylic acids is 1. The number of hydrogen-bond acceptors (Lipinski definition) is 5. The van der Waals surface area contributed by atoms with Crippen molar-refractivity contribution in [3.05, 3.63) is 82.7 Å². The summed E-state index contributed by atoms with van der Waals surface area (Å²) in [7, 11) is -3.88. The third-order valence-electron chi connectivity index (χ3n) is 4.20. The number of hydrogen-bond donors (Lipinski definition) is 1. The number of nitrogens with zero attached hydrogens (tertiary/aromatic N) is 2. The lowest BCUT2D eigenvalue weighted by molar-refractivity contribution is 0.0735. The van der Waals surface area contributed by atoms with Crippen LogP contribution in [0.25, 0.3) is 0 Å². The number of nitrogens with one attached hydrogen (secondary N) is 1. The molecule has 0 aliphatic rings. The van der Waals surface area contributed by atoms with E-state index < -0.39 is 10.0 Å². The number of furan rings is 1. The number of halogens is 1. The maximum atomic E-state index is 13.0. The second kappa shape index (κ2) is 9.61. The lowest BCUT2D eigenvalue weighted by atomic mass is 10.2. The van der Waals surface area contributed by atoms with Gasteiger partial charge < -0.3 is 9.32 Å². The first kappa shape index (κ1) is 21.6. The molecule has 1 amide bonds. The molecule has 0 bridgehead atoms. The van der Waals surface area contributed by atoms with E-state index in [1.807, 2.05) is 6.07 Å². The number of nitriles is 1. The summed E-state index contributed by atoms with van der Waals surface area (Å²) < 4.78 is 34.1. The van der Waals surface area contributed by atoms with Gasteiger partial charge in [-0.3, -0.25) is 9.52 Å². The summed E-state index contributed by atoms with van der Waals surface area (Å²) in [4.78, 5) is 14.4. The Morgan fingerprint density at radius 1 is 1.13 bits per heavy atom. The Bertz CT molecular complexity index is 1150. The lowest BCUT2D eigenvalue weighted by Gasteiger charge is -2.21. The first-order chi connectivity index (χ1) is 14.4. The van der Waals surface area contributed by atoms with Crippen LogP contribution in [-0.4, -0.2) is 25.8 Å². The van der Waals surface area contributed by atoms with Crippen molar-refractivity contribution in [3.8, 4) is 6.07 Å². The van der Waals surface area contributed by atoms with Crippen LogP contribution < -0.4 is 4.72 Å². The summed E-state index contributed by atoms with van der Waals surface area (Å²) in [5, 5.41) is 8.90. The van der Waals surface area contributed by atoms with Gasteiger partial charge in [-0.1, -0.05) is 22.0 Å². The highest BCUT2D eigenvalue weighted by Gasteiger charge is 2.21. The van der Waals surface area contributed by atoms with E-state index in [0.29, 0.717) is 11.4 Å². The van der Waals surface area contributed by atoms with Crippen LogP contribution in [-0.2, 0) is 16.6 Å². The zero-order valence-electron chi connectivity index (χ0n) is 15.8. The second-order valence-electron chi connectivity index (χ2n) is 6.35. The topological polar surface area (TPSA) is 103 Å². The first-order valence-electron chi connectivity index (χ1n) is 8.96. The molecule has 0 atom stereocenters. The van der Waals surface area contributed by atoms with E-state index >= 15 is 0 Å². The third kappa shape index (κ3) is 5.49. The van der Waals surface area contributed by atoms with Crippen molar-refractivity contribution in [1.29, 1.82) is 5.26 Å². The largest absolute Gasteiger partial charge is 0.467 e. The van der Waals surface area contributed by atoms with Crippen LogP contribution in [0.3, 0.4) is 0 Å². The number of anilines is 1. The molecule has 30 heavy (non-hydrogen) atoms. The summed E-state index contributed by atoms with van der Waals surface area (Å²) in [6.07, 6.45) is 1.65. The van der Waals surface area contributed by atoms with E-state index in [1.165, 1.54) is 29.4 Å². The van der Waals surface area contributed by atoms with E-state index in [9.17, 15) is 13.2 Å². The second-order valence-corrected chi connectivity index (χ2v) is 8.95. The molecule has 3 aromatic rings. The zero-order valence-corrected chi connectivity index (χ0v) is 18.2. The predicted octanol–water partition coefficient (Wildman–Crippen LogP) is 4.40. The van der Waals surface area contributed by atoms with Gasteiger partial charge in [-0.25, -0.2) is 8.42 Å². The van der Waals surface area contributed by atoms with Crippen LogP contribution in [0.5, 0.6) is 0 Å². The maximum absolute atomic E-state index is 13.0. The van der Waals surface area contributed by atoms with Crippen LogP contribution >= 0.6 is 15.9 Å². The molecule has 0 fully saturated rings. The minimum atomic E-state index is -3.88. The number of carbonyl (C=O) groups is 1. The standard InChI is InChI=1S/C21H18BrN3O4S/c22-17-7-9-18(10-8-17)24-30(27,28)20-6-1-4-16(14-20)21(26)25(12-3-11-23)15-19-5-2-13-29-19/h1-2,4-10,13-14,24H,3,12,15H2. The Morgan fingerprint density at radius 2 is 1.90 bits per heavy atom. The van der Waals surface area contributed by atoms with Gasteiger partial charge in [0.25, 0.3) is 15.9 Å². The van der Waals surface area contributed by atoms with E-state index in [-0.39, 0.29) is 35.9 Å². The number of benzene rings is 2. The third-order valence-corrected chi connectivity index (χ3v) is 6.10. The molecule has 0 saturated carbocycles. The molecule has 0 aliphatic heterocycles. The van der Waals surface area contributed by atoms with E-state index in [2.05, 4.69) is 20.7 Å². The lowest BCUT2D eigenvalue weighted by Crippen LogP contribution is -2.31. The summed E-state index contributed by atoms with van der Waals surface area (Å²) in [5.74, 6) is 0.185. The molecule has 7 nitrogen and oxygen atoms in total. The molecule has 2 aromatic carbocycles. The fraction of sp³-hybridized carbons (Fsp3) is 0.143. The Hall–Kier alpha value is -3.09. The fourth-order valence-electron chi connectivity index (χ4n) is 2.74. The molecular formula is C21H18BrN3O4S. The summed E-state index contributed by atoms with van der Waals surface area (Å²) in [5.41, 5.74) is 0.613. The van der Waals surface area contributed by atoms with Gasteiger partial charge in [0, 0.05) is 22.3 Å². The van der Waals surface area contributed by atoms with Crippen molar-refractivity contribution in [3.63, 3.8) is 0 Å². The van der Waals surface area contributed by atoms with Gasteiger partial charge in [0.1, 0.15) is 5.76 Å². The average Bonchev–Trinajstić information content (AvgIpc) is 3.25. The fourth-order valence-corrected chi connectivity index (χ4v) is 4.11. The molecule has 9 heteroatoms. The van der Waals surface area contributed by atoms with Gasteiger partial charge >= 0.3 is 0 Å². The zero-order chi connectivity index (χ0) is 21.6. The van der Waals surface area contributed by atoms with Gasteiger partial charge in [-0.15, -0.1) is 0 Å². The molecule has 0 unspecified atom stereocenters. The first-order valence-corrected chi connectivity index (χ1v) is 11.2. The van der Waals surface area contributed by atoms with Gasteiger partial charge in [0.15, 0.2) is 0 Å². The van der Waals surface area contributed by atoms with Crippen LogP contribution in [0.4, 0.5) is 5.69 Å². The van der Waals surface area contributed by atoms with Gasteiger partial charge in [0.2, 0.25) is 0 Å². The highest BCUT2D eigenvalue weighted by Crippen LogP contribution is 2.20. The Kier molecular flexibility index (Phi) is 6.92. The minimum Gasteiger partial charge on any atom is -0.467 e.